The topological polar surface area (TPSA) is 73.9 Å². The van der Waals surface area contributed by atoms with Gasteiger partial charge in [-0.1, -0.05) is 15.9 Å². The molecule has 1 aliphatic heterocycles. The van der Waals surface area contributed by atoms with Crippen molar-refractivity contribution in [3.05, 3.63) is 50.8 Å². The molecule has 0 radical (unpaired) electrons. The van der Waals surface area contributed by atoms with Crippen molar-refractivity contribution >= 4 is 27.9 Å². The monoisotopic (exact) mass is 473 g/mol. The summed E-state index contributed by atoms with van der Waals surface area (Å²) in [4.78, 5) is 25.5. The maximum absolute atomic E-state index is 13.0. The fourth-order valence-corrected chi connectivity index (χ4v) is 3.59. The Kier molecular flexibility index (Phi) is 7.78. The molecule has 6 nitrogen and oxygen atoms in total. The molecule has 1 aromatic rings. The first-order valence-electron chi connectivity index (χ1n) is 8.98. The standard InChI is InChI=1S/C20H22BrF2NO5/c1-5-27-18(25)15-10(3)24-11(4)16(19(26)28-6-2)17(15)13-9-12(21)7-8-14(13)29-20(22)23/h7-9,17,20,24H,5-6H2,1-4H3. The van der Waals surface area contributed by atoms with Gasteiger partial charge in [-0.05, 0) is 45.9 Å². The normalized spacial score (nSPS) is 14.8. The predicted octanol–water partition coefficient (Wildman–Crippen LogP) is 4.41. The highest BCUT2D eigenvalue weighted by molar-refractivity contribution is 9.10. The molecule has 158 valence electrons. The van der Waals surface area contributed by atoms with Gasteiger partial charge >= 0.3 is 18.6 Å². The molecule has 2 rings (SSSR count). The molecular weight excluding hydrogens is 452 g/mol. The van der Waals surface area contributed by atoms with Gasteiger partial charge in [-0.3, -0.25) is 0 Å². The lowest BCUT2D eigenvalue weighted by molar-refractivity contribution is -0.139. The Bertz CT molecular complexity index is 826. The number of allylic oxidation sites excluding steroid dienone is 2. The lowest BCUT2D eigenvalue weighted by Crippen LogP contribution is -2.32. The van der Waals surface area contributed by atoms with Crippen LogP contribution in [0.1, 0.15) is 39.2 Å². The summed E-state index contributed by atoms with van der Waals surface area (Å²) in [6, 6.07) is 4.42. The Hall–Kier alpha value is -2.42. The lowest BCUT2D eigenvalue weighted by Gasteiger charge is -2.31. The summed E-state index contributed by atoms with van der Waals surface area (Å²) >= 11 is 3.31. The van der Waals surface area contributed by atoms with Crippen LogP contribution in [0.4, 0.5) is 8.78 Å². The highest BCUT2D eigenvalue weighted by Crippen LogP contribution is 2.44. The number of dihydropyridines is 1. The van der Waals surface area contributed by atoms with Gasteiger partial charge in [0.05, 0.1) is 30.3 Å². The van der Waals surface area contributed by atoms with Crippen LogP contribution in [0.15, 0.2) is 45.2 Å². The van der Waals surface area contributed by atoms with E-state index < -0.39 is 24.5 Å². The zero-order valence-electron chi connectivity index (χ0n) is 16.5. The van der Waals surface area contributed by atoms with Crippen LogP contribution in [0.2, 0.25) is 0 Å². The van der Waals surface area contributed by atoms with Gasteiger partial charge in [-0.15, -0.1) is 0 Å². The van der Waals surface area contributed by atoms with E-state index in [1.54, 1.807) is 27.7 Å². The van der Waals surface area contributed by atoms with Crippen molar-refractivity contribution < 1.29 is 32.6 Å². The zero-order valence-corrected chi connectivity index (χ0v) is 18.1. The number of hydrogen-bond donors (Lipinski definition) is 1. The van der Waals surface area contributed by atoms with E-state index in [9.17, 15) is 18.4 Å². The fourth-order valence-electron chi connectivity index (χ4n) is 3.21. The number of alkyl halides is 2. The number of rotatable bonds is 7. The molecule has 9 heteroatoms. The van der Waals surface area contributed by atoms with Crippen molar-refractivity contribution in [1.82, 2.24) is 5.32 Å². The molecule has 0 saturated heterocycles. The zero-order chi connectivity index (χ0) is 21.7. The number of hydrogen-bond acceptors (Lipinski definition) is 6. The minimum absolute atomic E-state index is 0.110. The van der Waals surface area contributed by atoms with Crippen LogP contribution >= 0.6 is 15.9 Å². The Morgan fingerprint density at radius 2 is 1.59 bits per heavy atom. The van der Waals surface area contributed by atoms with Gasteiger partial charge in [0.15, 0.2) is 0 Å². The molecule has 0 bridgehead atoms. The average Bonchev–Trinajstić information content (AvgIpc) is 2.62. The lowest BCUT2D eigenvalue weighted by atomic mass is 9.80. The van der Waals surface area contributed by atoms with Crippen LogP contribution in [0, 0.1) is 0 Å². The predicted molar refractivity (Wildman–Crippen MR) is 105 cm³/mol. The second-order valence-corrected chi connectivity index (χ2v) is 7.05. The van der Waals surface area contributed by atoms with Gasteiger partial charge in [0, 0.05) is 21.4 Å². The molecule has 29 heavy (non-hydrogen) atoms. The molecular formula is C20H22BrF2NO5. The van der Waals surface area contributed by atoms with Crippen molar-refractivity contribution in [3.63, 3.8) is 0 Å². The molecule has 0 amide bonds. The second-order valence-electron chi connectivity index (χ2n) is 6.14. The van der Waals surface area contributed by atoms with E-state index >= 15 is 0 Å². The van der Waals surface area contributed by atoms with Crippen molar-refractivity contribution in [2.45, 2.75) is 40.2 Å². The largest absolute Gasteiger partial charge is 0.463 e. The molecule has 0 aromatic heterocycles. The van der Waals surface area contributed by atoms with E-state index in [1.807, 2.05) is 0 Å². The number of nitrogens with one attached hydrogen (secondary N) is 1. The number of esters is 2. The number of benzene rings is 1. The summed E-state index contributed by atoms with van der Waals surface area (Å²) in [7, 11) is 0. The third kappa shape index (κ3) is 5.14. The molecule has 0 aliphatic carbocycles. The van der Waals surface area contributed by atoms with E-state index in [2.05, 4.69) is 26.0 Å². The third-order valence-corrected chi connectivity index (χ3v) is 4.74. The molecule has 1 aromatic carbocycles. The van der Waals surface area contributed by atoms with Crippen molar-refractivity contribution in [1.29, 1.82) is 0 Å². The molecule has 0 fully saturated rings. The van der Waals surface area contributed by atoms with Crippen molar-refractivity contribution in [3.8, 4) is 5.75 Å². The minimum Gasteiger partial charge on any atom is -0.463 e. The van der Waals surface area contributed by atoms with Crippen LogP contribution in [0.25, 0.3) is 0 Å². The van der Waals surface area contributed by atoms with E-state index in [-0.39, 0.29) is 35.7 Å². The van der Waals surface area contributed by atoms with Crippen LogP contribution in [-0.4, -0.2) is 31.8 Å². The summed E-state index contributed by atoms with van der Waals surface area (Å²) in [5, 5.41) is 2.99. The molecule has 0 unspecified atom stereocenters. The SMILES string of the molecule is CCOC(=O)C1=C(C)NC(C)=C(C(=O)OCC)C1c1cc(Br)ccc1OC(F)F. The summed E-state index contributed by atoms with van der Waals surface area (Å²) in [6.07, 6.45) is 0. The maximum Gasteiger partial charge on any atom is 0.387 e. The fraction of sp³-hybridized carbons (Fsp3) is 0.400. The highest BCUT2D eigenvalue weighted by Gasteiger charge is 2.39. The van der Waals surface area contributed by atoms with E-state index in [0.29, 0.717) is 15.9 Å². The summed E-state index contributed by atoms with van der Waals surface area (Å²) in [5.41, 5.74) is 1.35. The number of carbonyl (C=O) groups is 2. The Morgan fingerprint density at radius 3 is 2.03 bits per heavy atom. The number of carbonyl (C=O) groups excluding carboxylic acids is 2. The smallest absolute Gasteiger partial charge is 0.387 e. The molecule has 1 heterocycles. The molecule has 1 aliphatic rings. The van der Waals surface area contributed by atoms with Gasteiger partial charge in [0.1, 0.15) is 5.75 Å². The Labute approximate surface area is 176 Å². The summed E-state index contributed by atoms with van der Waals surface area (Å²) in [5.74, 6) is -2.50. The minimum atomic E-state index is -3.08. The molecule has 1 N–H and O–H groups in total. The molecule has 0 spiro atoms. The Balaban J connectivity index is 2.76. The van der Waals surface area contributed by atoms with Crippen LogP contribution in [0.3, 0.4) is 0 Å². The summed E-state index contributed by atoms with van der Waals surface area (Å²) < 4.78 is 41.6. The van der Waals surface area contributed by atoms with Crippen LogP contribution in [0.5, 0.6) is 5.75 Å². The van der Waals surface area contributed by atoms with Crippen LogP contribution < -0.4 is 10.1 Å². The van der Waals surface area contributed by atoms with Gasteiger partial charge in [-0.25, -0.2) is 9.59 Å². The highest BCUT2D eigenvalue weighted by atomic mass is 79.9. The van der Waals surface area contributed by atoms with Gasteiger partial charge in [-0.2, -0.15) is 8.78 Å². The first kappa shape index (κ1) is 22.9. The van der Waals surface area contributed by atoms with E-state index in [0.717, 1.165) is 0 Å². The molecule has 0 saturated carbocycles. The second kappa shape index (κ2) is 9.87. The third-order valence-electron chi connectivity index (χ3n) is 4.25. The molecule has 0 atom stereocenters. The summed E-state index contributed by atoms with van der Waals surface area (Å²) in [6.45, 7) is 3.74. The van der Waals surface area contributed by atoms with Crippen LogP contribution in [-0.2, 0) is 19.1 Å². The average molecular weight is 474 g/mol. The van der Waals surface area contributed by atoms with Crippen molar-refractivity contribution in [2.75, 3.05) is 13.2 Å². The number of halogens is 3. The van der Waals surface area contributed by atoms with Crippen molar-refractivity contribution in [2.24, 2.45) is 0 Å². The van der Waals surface area contributed by atoms with Gasteiger partial charge in [0.2, 0.25) is 0 Å². The van der Waals surface area contributed by atoms with Gasteiger partial charge in [0.25, 0.3) is 0 Å². The van der Waals surface area contributed by atoms with E-state index in [1.165, 1.54) is 18.2 Å². The first-order valence-corrected chi connectivity index (χ1v) is 9.77. The first-order chi connectivity index (χ1) is 13.7. The Morgan fingerprint density at radius 1 is 1.07 bits per heavy atom. The quantitative estimate of drug-likeness (QED) is 0.591. The maximum atomic E-state index is 13.0. The number of ether oxygens (including phenoxy) is 3. The van der Waals surface area contributed by atoms with Gasteiger partial charge < -0.3 is 19.5 Å². The van der Waals surface area contributed by atoms with E-state index in [4.69, 9.17) is 9.47 Å².